The molecule has 1 unspecified atom stereocenters. The number of esters is 2. The average molecular weight is 856 g/mol. The molecule has 0 spiro atoms. The summed E-state index contributed by atoms with van der Waals surface area (Å²) in [6.07, 6.45) is 33.4. The van der Waals surface area contributed by atoms with Gasteiger partial charge in [0.05, 0.1) is 31.5 Å². The van der Waals surface area contributed by atoms with Crippen LogP contribution in [-0.4, -0.2) is 93.5 Å². The molecule has 0 radical (unpaired) electrons. The number of hydrogen-bond donors (Lipinski definition) is 6. The summed E-state index contributed by atoms with van der Waals surface area (Å²) in [6.45, 7) is 2.23. The molecule has 338 valence electrons. The van der Waals surface area contributed by atoms with Gasteiger partial charge >= 0.3 is 25.7 Å². The van der Waals surface area contributed by atoms with Crippen molar-refractivity contribution in [2.75, 3.05) is 19.8 Å². The lowest BCUT2D eigenvalue weighted by Gasteiger charge is -2.20. The number of hydrogen-bond acceptors (Lipinski definition) is 12. The first-order valence-corrected chi connectivity index (χ1v) is 22.8. The maximum absolute atomic E-state index is 12.6. The van der Waals surface area contributed by atoms with Crippen LogP contribution in [0.4, 0.5) is 0 Å². The number of nitrogens with two attached hydrogens (primary N) is 1. The molecule has 0 rings (SSSR count). The van der Waals surface area contributed by atoms with Crippen LogP contribution < -0.4 is 5.73 Å². The molecule has 14 nitrogen and oxygen atoms in total. The van der Waals surface area contributed by atoms with Gasteiger partial charge in [0.1, 0.15) is 12.6 Å². The van der Waals surface area contributed by atoms with Crippen LogP contribution in [-0.2, 0) is 37.5 Å². The number of carbonyl (C=O) groups excluding carboxylic acids is 2. The van der Waals surface area contributed by atoms with Crippen LogP contribution in [0.3, 0.4) is 0 Å². The summed E-state index contributed by atoms with van der Waals surface area (Å²) in [5.41, 5.74) is 5.31. The molecule has 0 aromatic carbocycles. The molecule has 0 aromatic heterocycles. The van der Waals surface area contributed by atoms with Gasteiger partial charge in [-0.1, -0.05) is 138 Å². The van der Waals surface area contributed by atoms with E-state index in [2.05, 4.69) is 23.6 Å². The van der Waals surface area contributed by atoms with Crippen LogP contribution in [0.25, 0.3) is 0 Å². The second-order valence-corrected chi connectivity index (χ2v) is 15.8. The monoisotopic (exact) mass is 855 g/mol. The van der Waals surface area contributed by atoms with Crippen molar-refractivity contribution in [3.63, 3.8) is 0 Å². The highest BCUT2D eigenvalue weighted by molar-refractivity contribution is 7.47. The molecule has 0 aliphatic heterocycles. The highest BCUT2D eigenvalue weighted by Gasteiger charge is 2.28. The Balaban J connectivity index is 4.75. The molecule has 6 atom stereocenters. The Morgan fingerprint density at radius 3 is 1.85 bits per heavy atom. The van der Waals surface area contributed by atoms with E-state index >= 15 is 0 Å². The summed E-state index contributed by atoms with van der Waals surface area (Å²) in [5, 5.41) is 39.3. The fraction of sp³-hybridized carbons (Fsp3) is 0.659. The van der Waals surface area contributed by atoms with Crippen LogP contribution in [0.2, 0.25) is 0 Å². The molecular formula is C44H74NO13P. The van der Waals surface area contributed by atoms with Gasteiger partial charge in [-0.15, -0.1) is 0 Å². The third kappa shape index (κ3) is 36.4. The Hall–Kier alpha value is -3.20. The Bertz CT molecular complexity index is 1330. The zero-order valence-electron chi connectivity index (χ0n) is 35.4. The van der Waals surface area contributed by atoms with E-state index in [4.69, 9.17) is 24.8 Å². The van der Waals surface area contributed by atoms with Gasteiger partial charge in [0.2, 0.25) is 0 Å². The summed E-state index contributed by atoms with van der Waals surface area (Å²) in [7, 11) is -4.82. The van der Waals surface area contributed by atoms with E-state index in [1.807, 2.05) is 19.1 Å². The molecule has 0 aliphatic carbocycles. The number of allylic oxidation sites excluding steroid dienone is 9. The van der Waals surface area contributed by atoms with Crippen molar-refractivity contribution in [2.24, 2.45) is 5.73 Å². The Kier molecular flexibility index (Phi) is 35.7. The zero-order chi connectivity index (χ0) is 44.0. The molecule has 0 saturated heterocycles. The predicted molar refractivity (Wildman–Crippen MR) is 230 cm³/mol. The fourth-order valence-electron chi connectivity index (χ4n) is 5.28. The highest BCUT2D eigenvalue weighted by Crippen LogP contribution is 2.43. The molecule has 15 heteroatoms. The smallest absolute Gasteiger partial charge is 0.472 e. The number of phosphoric acid groups is 1. The SMILES string of the molecule is CC/C=C\C[C@H](O)/C=C/C=C/C=C\C=C/[C@@H](O)[C@H](O)CCCC(=O)O[C@H](COC(=O)CCCCCCC/C=C\CCCCCCCC)COP(=O)(O)OC[C@H](N)C(=O)O. The van der Waals surface area contributed by atoms with Gasteiger partial charge in [-0.3, -0.25) is 23.4 Å². The van der Waals surface area contributed by atoms with E-state index < -0.39 is 76.0 Å². The number of ether oxygens (including phenoxy) is 2. The minimum Gasteiger partial charge on any atom is -0.480 e. The Morgan fingerprint density at radius 1 is 0.661 bits per heavy atom. The number of rotatable bonds is 38. The third-order valence-electron chi connectivity index (χ3n) is 8.78. The van der Waals surface area contributed by atoms with Gasteiger partial charge in [0, 0.05) is 12.8 Å². The second-order valence-electron chi connectivity index (χ2n) is 14.3. The van der Waals surface area contributed by atoms with Crippen LogP contribution in [0.5, 0.6) is 0 Å². The molecule has 7 N–H and O–H groups in total. The number of aliphatic hydroxyl groups excluding tert-OH is 3. The summed E-state index contributed by atoms with van der Waals surface area (Å²) >= 11 is 0. The van der Waals surface area contributed by atoms with E-state index in [1.54, 1.807) is 42.5 Å². The number of carboxylic acid groups (broad SMARTS) is 1. The number of unbranched alkanes of at least 4 members (excludes halogenated alkanes) is 11. The van der Waals surface area contributed by atoms with E-state index in [9.17, 15) is 39.2 Å². The number of phosphoric ester groups is 1. The van der Waals surface area contributed by atoms with Crippen LogP contribution >= 0.6 is 7.82 Å². The predicted octanol–water partition coefficient (Wildman–Crippen LogP) is 7.86. The number of carbonyl (C=O) groups is 3. The van der Waals surface area contributed by atoms with Crippen LogP contribution in [0.15, 0.2) is 72.9 Å². The summed E-state index contributed by atoms with van der Waals surface area (Å²) in [5.74, 6) is -2.78. The normalized spacial score (nSPS) is 16.1. The van der Waals surface area contributed by atoms with Crippen molar-refractivity contribution in [1.82, 2.24) is 0 Å². The molecule has 0 aromatic rings. The summed E-state index contributed by atoms with van der Waals surface area (Å²) < 4.78 is 32.4. The molecule has 0 heterocycles. The van der Waals surface area contributed by atoms with Gasteiger partial charge in [-0.2, -0.15) is 0 Å². The number of aliphatic carboxylic acids is 1. The van der Waals surface area contributed by atoms with Gasteiger partial charge in [0.15, 0.2) is 6.10 Å². The molecule has 59 heavy (non-hydrogen) atoms. The Labute approximate surface area is 352 Å². The minimum absolute atomic E-state index is 0.0421. The number of carboxylic acids is 1. The fourth-order valence-corrected chi connectivity index (χ4v) is 6.06. The van der Waals surface area contributed by atoms with Crippen LogP contribution in [0, 0.1) is 0 Å². The second kappa shape index (κ2) is 37.8. The highest BCUT2D eigenvalue weighted by atomic mass is 31.2. The minimum atomic E-state index is -4.82. The lowest BCUT2D eigenvalue weighted by molar-refractivity contribution is -0.161. The van der Waals surface area contributed by atoms with Crippen molar-refractivity contribution >= 4 is 25.7 Å². The topological polar surface area (TPSA) is 232 Å². The number of aliphatic hydroxyl groups is 3. The first kappa shape index (κ1) is 55.8. The van der Waals surface area contributed by atoms with E-state index in [-0.39, 0.29) is 25.7 Å². The van der Waals surface area contributed by atoms with Crippen molar-refractivity contribution < 1.29 is 62.8 Å². The van der Waals surface area contributed by atoms with Crippen molar-refractivity contribution in [3.8, 4) is 0 Å². The molecule has 0 aliphatic rings. The van der Waals surface area contributed by atoms with Gasteiger partial charge in [0.25, 0.3) is 0 Å². The van der Waals surface area contributed by atoms with Crippen molar-refractivity contribution in [3.05, 3.63) is 72.9 Å². The first-order chi connectivity index (χ1) is 28.3. The summed E-state index contributed by atoms with van der Waals surface area (Å²) in [6, 6.07) is -1.58. The van der Waals surface area contributed by atoms with Gasteiger partial charge in [-0.05, 0) is 57.8 Å². The molecule has 0 bridgehead atoms. The quantitative estimate of drug-likeness (QED) is 0.0114. The first-order valence-electron chi connectivity index (χ1n) is 21.3. The molecular weight excluding hydrogens is 781 g/mol. The average Bonchev–Trinajstić information content (AvgIpc) is 3.20. The maximum Gasteiger partial charge on any atom is 0.472 e. The van der Waals surface area contributed by atoms with E-state index in [0.717, 1.165) is 44.9 Å². The third-order valence-corrected chi connectivity index (χ3v) is 9.73. The lowest BCUT2D eigenvalue weighted by Crippen LogP contribution is -2.34. The standard InChI is InChI=1S/C44H74NO13P/c1-3-5-7-8-9-10-11-12-13-14-15-16-17-22-26-32-42(49)55-34-38(35-56-59(53,54)57-36-39(45)44(51)52)58-43(50)33-27-31-41(48)40(47)30-25-21-19-18-20-24-29-37(46)28-23-6-4-2/h6,12-13,18-21,23-25,29-30,37-41,46-48H,3-5,7-11,14-17,22,26-28,31-36,45H2,1-2H3,(H,51,52)(H,53,54)/b13-12-,20-18+,21-19-,23-6-,29-24+,30-25-/t37-,38+,39-,40+,41+/m0/s1. The summed E-state index contributed by atoms with van der Waals surface area (Å²) in [4.78, 5) is 46.0. The van der Waals surface area contributed by atoms with Gasteiger partial charge < -0.3 is 40.5 Å². The largest absolute Gasteiger partial charge is 0.480 e. The van der Waals surface area contributed by atoms with Crippen molar-refractivity contribution in [1.29, 1.82) is 0 Å². The maximum atomic E-state index is 12.6. The molecule has 0 saturated carbocycles. The van der Waals surface area contributed by atoms with E-state index in [0.29, 0.717) is 12.8 Å². The Morgan fingerprint density at radius 2 is 1.22 bits per heavy atom. The van der Waals surface area contributed by atoms with Crippen molar-refractivity contribution in [2.45, 2.75) is 166 Å². The molecule has 0 amide bonds. The zero-order valence-corrected chi connectivity index (χ0v) is 36.3. The molecule has 0 fully saturated rings. The van der Waals surface area contributed by atoms with Gasteiger partial charge in [-0.25, -0.2) is 4.57 Å². The van der Waals surface area contributed by atoms with Crippen LogP contribution in [0.1, 0.15) is 136 Å². The lowest BCUT2D eigenvalue weighted by atomic mass is 10.1. The van der Waals surface area contributed by atoms with E-state index in [1.165, 1.54) is 44.6 Å².